The van der Waals surface area contributed by atoms with Crippen LogP contribution in [0, 0.1) is 0 Å². The number of ether oxygens (including phenoxy) is 3. The van der Waals surface area contributed by atoms with Crippen molar-refractivity contribution in [3.63, 3.8) is 0 Å². The van der Waals surface area contributed by atoms with Gasteiger partial charge in [0.05, 0.1) is 53.9 Å². The Hall–Kier alpha value is -4.18. The molecular weight excluding hydrogens is 470 g/mol. The monoisotopic (exact) mass is 509 g/mol. The minimum absolute atomic E-state index is 0.468. The van der Waals surface area contributed by atoms with Gasteiger partial charge in [-0.05, 0) is 55.7 Å². The number of nitrogens with two attached hydrogens (primary N) is 6. The maximum absolute atomic E-state index is 6.00. The van der Waals surface area contributed by atoms with E-state index in [-0.39, 0.29) is 0 Å². The summed E-state index contributed by atoms with van der Waals surface area (Å²) in [4.78, 5) is 2.35. The average Bonchev–Trinajstić information content (AvgIpc) is 2.88. The summed E-state index contributed by atoms with van der Waals surface area (Å²) in [6.07, 6.45) is 2.46. The summed E-state index contributed by atoms with van der Waals surface area (Å²) in [5.74, 6) is 1.81. The number of anilines is 6. The van der Waals surface area contributed by atoms with Crippen LogP contribution in [0.1, 0.15) is 19.3 Å². The molecule has 0 saturated heterocycles. The van der Waals surface area contributed by atoms with Crippen molar-refractivity contribution < 1.29 is 14.2 Å². The molecule has 0 aliphatic heterocycles. The maximum atomic E-state index is 6.00. The Morgan fingerprint density at radius 3 is 1.05 bits per heavy atom. The van der Waals surface area contributed by atoms with E-state index in [0.717, 1.165) is 38.9 Å². The molecule has 10 heteroatoms. The van der Waals surface area contributed by atoms with Crippen LogP contribution in [-0.4, -0.2) is 44.4 Å². The van der Waals surface area contributed by atoms with Crippen molar-refractivity contribution in [1.29, 1.82) is 0 Å². The second-order valence-corrected chi connectivity index (χ2v) is 8.72. The van der Waals surface area contributed by atoms with Gasteiger partial charge in [-0.15, -0.1) is 0 Å². The molecule has 0 amide bonds. The van der Waals surface area contributed by atoms with Crippen molar-refractivity contribution in [3.8, 4) is 17.2 Å². The van der Waals surface area contributed by atoms with Gasteiger partial charge < -0.3 is 53.5 Å². The van der Waals surface area contributed by atoms with E-state index >= 15 is 0 Å². The Kier molecular flexibility index (Phi) is 10.2. The fourth-order valence-corrected chi connectivity index (χ4v) is 3.81. The molecule has 0 aliphatic rings. The number of nitrogens with zero attached hydrogens (tertiary/aromatic N) is 1. The highest BCUT2D eigenvalue weighted by molar-refractivity contribution is 5.71. The molecule has 3 aromatic carbocycles. The van der Waals surface area contributed by atoms with Gasteiger partial charge in [0, 0.05) is 19.6 Å². The summed E-state index contributed by atoms with van der Waals surface area (Å²) in [7, 11) is 0. The van der Waals surface area contributed by atoms with Gasteiger partial charge in [-0.3, -0.25) is 0 Å². The molecule has 200 valence electrons. The van der Waals surface area contributed by atoms with Crippen molar-refractivity contribution in [2.75, 3.05) is 73.9 Å². The highest BCUT2D eigenvalue weighted by Gasteiger charge is 2.09. The number of para-hydroxylation sites is 3. The number of hydrogen-bond acceptors (Lipinski definition) is 10. The van der Waals surface area contributed by atoms with Crippen LogP contribution >= 0.6 is 0 Å². The lowest BCUT2D eigenvalue weighted by atomic mass is 10.2. The van der Waals surface area contributed by atoms with Gasteiger partial charge in [0.25, 0.3) is 0 Å². The Balaban J connectivity index is 1.47. The molecule has 3 aromatic rings. The molecule has 0 aromatic heterocycles. The number of nitrogen functional groups attached to an aromatic ring is 6. The first kappa shape index (κ1) is 27.4. The molecule has 0 heterocycles. The second kappa shape index (κ2) is 13.8. The fourth-order valence-electron chi connectivity index (χ4n) is 3.81. The van der Waals surface area contributed by atoms with Gasteiger partial charge in [0.1, 0.15) is 17.2 Å². The zero-order valence-electron chi connectivity index (χ0n) is 21.2. The van der Waals surface area contributed by atoms with Crippen molar-refractivity contribution in [2.24, 2.45) is 0 Å². The molecule has 0 saturated carbocycles. The number of hydrogen-bond donors (Lipinski definition) is 6. The largest absolute Gasteiger partial charge is 0.491 e. The molecule has 0 unspecified atom stereocenters. The van der Waals surface area contributed by atoms with Crippen LogP contribution in [0.2, 0.25) is 0 Å². The molecular formula is C27H39N7O3. The maximum Gasteiger partial charge on any atom is 0.144 e. The van der Waals surface area contributed by atoms with E-state index in [1.807, 2.05) is 36.4 Å². The fraction of sp³-hybridized carbons (Fsp3) is 0.333. The Labute approximate surface area is 218 Å². The quantitative estimate of drug-likeness (QED) is 0.131. The Bertz CT molecular complexity index is 1000. The van der Waals surface area contributed by atoms with E-state index in [9.17, 15) is 0 Å². The SMILES string of the molecule is Nc1cccc(OCCCN(CCCOc2cccc(N)c2N)CCCOc2cccc(N)c2N)c1N. The van der Waals surface area contributed by atoms with Gasteiger partial charge >= 0.3 is 0 Å². The van der Waals surface area contributed by atoms with E-state index < -0.39 is 0 Å². The Morgan fingerprint density at radius 1 is 0.459 bits per heavy atom. The minimum Gasteiger partial charge on any atom is -0.491 e. The van der Waals surface area contributed by atoms with Crippen molar-refractivity contribution in [1.82, 2.24) is 4.90 Å². The molecule has 10 nitrogen and oxygen atoms in total. The summed E-state index contributed by atoms with van der Waals surface area (Å²) in [6, 6.07) is 16.2. The predicted octanol–water partition coefficient (Wildman–Crippen LogP) is 3.19. The van der Waals surface area contributed by atoms with Gasteiger partial charge in [-0.25, -0.2) is 0 Å². The average molecular weight is 510 g/mol. The predicted molar refractivity (Wildman–Crippen MR) is 153 cm³/mol. The van der Waals surface area contributed by atoms with Gasteiger partial charge in [0.15, 0.2) is 0 Å². The molecule has 37 heavy (non-hydrogen) atoms. The number of rotatable bonds is 15. The zero-order valence-corrected chi connectivity index (χ0v) is 21.2. The van der Waals surface area contributed by atoms with Crippen molar-refractivity contribution >= 4 is 34.1 Å². The normalized spacial score (nSPS) is 10.9. The van der Waals surface area contributed by atoms with E-state index in [1.165, 1.54) is 0 Å². The van der Waals surface area contributed by atoms with Crippen LogP contribution in [0.25, 0.3) is 0 Å². The van der Waals surface area contributed by atoms with Crippen LogP contribution in [0.4, 0.5) is 34.1 Å². The van der Waals surface area contributed by atoms with Gasteiger partial charge in [-0.2, -0.15) is 0 Å². The van der Waals surface area contributed by atoms with Crippen LogP contribution < -0.4 is 48.6 Å². The highest BCUT2D eigenvalue weighted by Crippen LogP contribution is 2.28. The van der Waals surface area contributed by atoms with Gasteiger partial charge in [-0.1, -0.05) is 18.2 Å². The lowest BCUT2D eigenvalue weighted by Crippen LogP contribution is -2.30. The van der Waals surface area contributed by atoms with Crippen LogP contribution in [0.3, 0.4) is 0 Å². The molecule has 3 rings (SSSR count). The van der Waals surface area contributed by atoms with E-state index in [2.05, 4.69) is 4.90 Å². The lowest BCUT2D eigenvalue weighted by molar-refractivity contribution is 0.198. The first-order valence-corrected chi connectivity index (χ1v) is 12.4. The highest BCUT2D eigenvalue weighted by atomic mass is 16.5. The molecule has 0 atom stereocenters. The minimum atomic E-state index is 0.468. The first-order valence-electron chi connectivity index (χ1n) is 12.4. The molecule has 12 N–H and O–H groups in total. The summed E-state index contributed by atoms with van der Waals surface area (Å²) in [5.41, 5.74) is 38.5. The smallest absolute Gasteiger partial charge is 0.144 e. The molecule has 0 aliphatic carbocycles. The van der Waals surface area contributed by atoms with Crippen LogP contribution in [0.15, 0.2) is 54.6 Å². The third-order valence-electron chi connectivity index (χ3n) is 5.93. The standard InChI is InChI=1S/C27H39N7O3/c28-19-7-1-10-22(25(19)31)35-16-4-13-34(14-5-17-36-23-11-2-8-20(29)26(23)32)15-6-18-37-24-12-3-9-21(30)27(24)33/h1-3,7-12H,4-6,13-18,28-33H2. The van der Waals surface area contributed by atoms with Crippen LogP contribution in [-0.2, 0) is 0 Å². The summed E-state index contributed by atoms with van der Waals surface area (Å²) in [5, 5.41) is 0. The molecule has 0 bridgehead atoms. The molecule has 0 radical (unpaired) electrons. The third-order valence-corrected chi connectivity index (χ3v) is 5.93. The number of benzene rings is 3. The van der Waals surface area contributed by atoms with Gasteiger partial charge in [0.2, 0.25) is 0 Å². The zero-order chi connectivity index (χ0) is 26.6. The summed E-state index contributed by atoms with van der Waals surface area (Å²) in [6.45, 7) is 4.08. The van der Waals surface area contributed by atoms with E-state index in [4.69, 9.17) is 48.6 Å². The second-order valence-electron chi connectivity index (χ2n) is 8.72. The molecule has 0 fully saturated rings. The Morgan fingerprint density at radius 2 is 0.757 bits per heavy atom. The van der Waals surface area contributed by atoms with E-state index in [1.54, 1.807) is 18.2 Å². The van der Waals surface area contributed by atoms with E-state index in [0.29, 0.717) is 71.2 Å². The van der Waals surface area contributed by atoms with Crippen molar-refractivity contribution in [3.05, 3.63) is 54.6 Å². The lowest BCUT2D eigenvalue weighted by Gasteiger charge is -2.23. The molecule has 0 spiro atoms. The first-order chi connectivity index (χ1) is 17.9. The summed E-state index contributed by atoms with van der Waals surface area (Å²) < 4.78 is 17.6. The topological polar surface area (TPSA) is 187 Å². The summed E-state index contributed by atoms with van der Waals surface area (Å²) >= 11 is 0. The van der Waals surface area contributed by atoms with Crippen LogP contribution in [0.5, 0.6) is 17.2 Å². The third kappa shape index (κ3) is 8.18. The van der Waals surface area contributed by atoms with Crippen molar-refractivity contribution in [2.45, 2.75) is 19.3 Å².